The molecule has 1 aromatic rings. The molecule has 0 aliphatic carbocycles. The Morgan fingerprint density at radius 1 is 1.50 bits per heavy atom. The lowest BCUT2D eigenvalue weighted by Crippen LogP contribution is -2.33. The summed E-state index contributed by atoms with van der Waals surface area (Å²) in [6.07, 6.45) is 5.59. The predicted octanol–water partition coefficient (Wildman–Crippen LogP) is 2.15. The number of hydrogen-bond donors (Lipinski definition) is 1. The normalized spacial score (nSPS) is 12.1. The molecule has 0 aromatic carbocycles. The van der Waals surface area contributed by atoms with E-state index < -0.39 is 0 Å². The number of alkyl halides is 1. The molecule has 0 radical (unpaired) electrons. The molecule has 1 rings (SSSR count). The summed E-state index contributed by atoms with van der Waals surface area (Å²) in [7, 11) is 0. The topological polar surface area (TPSA) is 42.0 Å². The minimum absolute atomic E-state index is 0.0715. The number of aromatic nitrogens is 1. The Hall–Kier alpha value is -1.09. The van der Waals surface area contributed by atoms with Gasteiger partial charge >= 0.3 is 0 Å². The van der Waals surface area contributed by atoms with Crippen LogP contribution in [0.3, 0.4) is 0 Å². The zero-order valence-electron chi connectivity index (χ0n) is 9.45. The molecule has 0 saturated carbocycles. The van der Waals surface area contributed by atoms with Crippen LogP contribution in [-0.2, 0) is 11.2 Å². The number of carbonyl (C=O) groups excluding carboxylic acids is 1. The molecule has 88 valence electrons. The Morgan fingerprint density at radius 2 is 2.19 bits per heavy atom. The van der Waals surface area contributed by atoms with Crippen molar-refractivity contribution in [3.05, 3.63) is 30.1 Å². The molecule has 1 aromatic heterocycles. The second kappa shape index (κ2) is 7.23. The van der Waals surface area contributed by atoms with Crippen LogP contribution in [0.2, 0.25) is 0 Å². The van der Waals surface area contributed by atoms with Crippen molar-refractivity contribution in [1.82, 2.24) is 10.3 Å². The highest BCUT2D eigenvalue weighted by Crippen LogP contribution is 2.02. The van der Waals surface area contributed by atoms with Gasteiger partial charge in [-0.05, 0) is 37.5 Å². The molecule has 4 heteroatoms. The fourth-order valence-corrected chi connectivity index (χ4v) is 1.63. The number of nitrogens with zero attached hydrogens (tertiary/aromatic N) is 1. The molecule has 1 heterocycles. The first-order valence-electron chi connectivity index (χ1n) is 5.46. The quantitative estimate of drug-likeness (QED) is 0.775. The third-order valence-corrected chi connectivity index (χ3v) is 2.50. The molecule has 0 saturated heterocycles. The summed E-state index contributed by atoms with van der Waals surface area (Å²) < 4.78 is 0. The molecule has 0 fully saturated rings. The highest BCUT2D eigenvalue weighted by molar-refractivity contribution is 6.17. The van der Waals surface area contributed by atoms with E-state index in [1.54, 1.807) is 12.4 Å². The first kappa shape index (κ1) is 13.0. The van der Waals surface area contributed by atoms with Crippen molar-refractivity contribution in [3.8, 4) is 0 Å². The molecular formula is C12H17ClN2O. The SMILES string of the molecule is CC(Cc1ccncc1)NC(=O)CCCCl. The molecule has 0 spiro atoms. The molecule has 0 aliphatic heterocycles. The van der Waals surface area contributed by atoms with Gasteiger partial charge in [-0.3, -0.25) is 9.78 Å². The Balaban J connectivity index is 2.30. The minimum atomic E-state index is 0.0715. The lowest BCUT2D eigenvalue weighted by atomic mass is 10.1. The van der Waals surface area contributed by atoms with E-state index in [2.05, 4.69) is 10.3 Å². The summed E-state index contributed by atoms with van der Waals surface area (Å²) in [6, 6.07) is 4.06. The van der Waals surface area contributed by atoms with Crippen LogP contribution < -0.4 is 5.32 Å². The van der Waals surface area contributed by atoms with Crippen molar-refractivity contribution >= 4 is 17.5 Å². The van der Waals surface area contributed by atoms with Crippen LogP contribution in [0.4, 0.5) is 0 Å². The number of rotatable bonds is 6. The van der Waals surface area contributed by atoms with E-state index in [1.807, 2.05) is 19.1 Å². The third kappa shape index (κ3) is 5.12. The van der Waals surface area contributed by atoms with E-state index in [9.17, 15) is 4.79 Å². The van der Waals surface area contributed by atoms with Crippen LogP contribution in [0.1, 0.15) is 25.3 Å². The van der Waals surface area contributed by atoms with Gasteiger partial charge in [0.2, 0.25) is 5.91 Å². The molecular weight excluding hydrogens is 224 g/mol. The molecule has 1 amide bonds. The smallest absolute Gasteiger partial charge is 0.220 e. The number of carbonyl (C=O) groups is 1. The number of nitrogens with one attached hydrogen (secondary N) is 1. The Labute approximate surface area is 101 Å². The van der Waals surface area contributed by atoms with Gasteiger partial charge in [0.05, 0.1) is 0 Å². The lowest BCUT2D eigenvalue weighted by Gasteiger charge is -2.13. The Kier molecular flexibility index (Phi) is 5.86. The van der Waals surface area contributed by atoms with Gasteiger partial charge in [0.15, 0.2) is 0 Å². The predicted molar refractivity (Wildman–Crippen MR) is 65.5 cm³/mol. The molecule has 0 bridgehead atoms. The van der Waals surface area contributed by atoms with Crippen LogP contribution in [-0.4, -0.2) is 22.8 Å². The van der Waals surface area contributed by atoms with E-state index in [-0.39, 0.29) is 11.9 Å². The summed E-state index contributed by atoms with van der Waals surface area (Å²) >= 11 is 5.52. The van der Waals surface area contributed by atoms with Gasteiger partial charge in [0.25, 0.3) is 0 Å². The van der Waals surface area contributed by atoms with Gasteiger partial charge in [-0.25, -0.2) is 0 Å². The molecule has 1 N–H and O–H groups in total. The van der Waals surface area contributed by atoms with Crippen molar-refractivity contribution in [1.29, 1.82) is 0 Å². The van der Waals surface area contributed by atoms with Crippen molar-refractivity contribution < 1.29 is 4.79 Å². The van der Waals surface area contributed by atoms with Gasteiger partial charge in [0, 0.05) is 30.7 Å². The van der Waals surface area contributed by atoms with Gasteiger partial charge < -0.3 is 5.32 Å². The van der Waals surface area contributed by atoms with Gasteiger partial charge in [-0.2, -0.15) is 0 Å². The number of halogens is 1. The summed E-state index contributed by atoms with van der Waals surface area (Å²) in [4.78, 5) is 15.4. The average Bonchev–Trinajstić information content (AvgIpc) is 2.27. The van der Waals surface area contributed by atoms with Crippen molar-refractivity contribution in [2.45, 2.75) is 32.2 Å². The standard InChI is InChI=1S/C12H17ClN2O/c1-10(15-12(16)3-2-6-13)9-11-4-7-14-8-5-11/h4-5,7-8,10H,2-3,6,9H2,1H3,(H,15,16). The van der Waals surface area contributed by atoms with E-state index >= 15 is 0 Å². The first-order valence-corrected chi connectivity index (χ1v) is 6.00. The van der Waals surface area contributed by atoms with Gasteiger partial charge in [-0.1, -0.05) is 0 Å². The fourth-order valence-electron chi connectivity index (χ4n) is 1.50. The largest absolute Gasteiger partial charge is 0.353 e. The van der Waals surface area contributed by atoms with Gasteiger partial charge in [0.1, 0.15) is 0 Å². The fraction of sp³-hybridized carbons (Fsp3) is 0.500. The van der Waals surface area contributed by atoms with E-state index in [1.165, 1.54) is 5.56 Å². The maximum atomic E-state index is 11.4. The first-order chi connectivity index (χ1) is 7.72. The van der Waals surface area contributed by atoms with Crippen LogP contribution in [0.15, 0.2) is 24.5 Å². The number of hydrogen-bond acceptors (Lipinski definition) is 2. The highest BCUT2D eigenvalue weighted by atomic mass is 35.5. The van der Waals surface area contributed by atoms with E-state index in [4.69, 9.17) is 11.6 Å². The number of amides is 1. The van der Waals surface area contributed by atoms with Crippen molar-refractivity contribution in [2.24, 2.45) is 0 Å². The number of pyridine rings is 1. The maximum absolute atomic E-state index is 11.4. The highest BCUT2D eigenvalue weighted by Gasteiger charge is 2.07. The summed E-state index contributed by atoms with van der Waals surface area (Å²) in [5.41, 5.74) is 1.18. The summed E-state index contributed by atoms with van der Waals surface area (Å²) in [5.74, 6) is 0.605. The van der Waals surface area contributed by atoms with E-state index in [0.29, 0.717) is 12.3 Å². The van der Waals surface area contributed by atoms with Crippen molar-refractivity contribution in [3.63, 3.8) is 0 Å². The zero-order chi connectivity index (χ0) is 11.8. The molecule has 16 heavy (non-hydrogen) atoms. The summed E-state index contributed by atoms with van der Waals surface area (Å²) in [5, 5.41) is 2.95. The Bertz CT molecular complexity index is 316. The average molecular weight is 241 g/mol. The van der Waals surface area contributed by atoms with Gasteiger partial charge in [-0.15, -0.1) is 11.6 Å². The van der Waals surface area contributed by atoms with Crippen LogP contribution in [0, 0.1) is 0 Å². The Morgan fingerprint density at radius 3 is 2.81 bits per heavy atom. The van der Waals surface area contributed by atoms with E-state index in [0.717, 1.165) is 12.8 Å². The molecule has 3 nitrogen and oxygen atoms in total. The zero-order valence-corrected chi connectivity index (χ0v) is 10.2. The second-order valence-electron chi connectivity index (χ2n) is 3.82. The van der Waals surface area contributed by atoms with Crippen LogP contribution in [0.25, 0.3) is 0 Å². The second-order valence-corrected chi connectivity index (χ2v) is 4.20. The molecule has 0 aliphatic rings. The third-order valence-electron chi connectivity index (χ3n) is 2.24. The van der Waals surface area contributed by atoms with Crippen LogP contribution in [0.5, 0.6) is 0 Å². The lowest BCUT2D eigenvalue weighted by molar-refractivity contribution is -0.121. The molecule has 1 atom stereocenters. The minimum Gasteiger partial charge on any atom is -0.353 e. The summed E-state index contributed by atoms with van der Waals surface area (Å²) in [6.45, 7) is 2.00. The van der Waals surface area contributed by atoms with Crippen molar-refractivity contribution in [2.75, 3.05) is 5.88 Å². The van der Waals surface area contributed by atoms with Crippen LogP contribution >= 0.6 is 11.6 Å². The maximum Gasteiger partial charge on any atom is 0.220 e. The molecule has 1 unspecified atom stereocenters. The monoisotopic (exact) mass is 240 g/mol.